The first kappa shape index (κ1) is 12.2. The lowest BCUT2D eigenvalue weighted by molar-refractivity contribution is 0.0779. The lowest BCUT2D eigenvalue weighted by Crippen LogP contribution is -2.31. The number of carbonyl (C=O) groups excluding carboxylic acids is 1. The van der Waals surface area contributed by atoms with E-state index in [1.54, 1.807) is 26.1 Å². The predicted octanol–water partition coefficient (Wildman–Crippen LogP) is 1.62. The highest BCUT2D eigenvalue weighted by atomic mass is 16.2. The number of carbonyl (C=O) groups is 1. The largest absolute Gasteiger partial charge is 0.339 e. The monoisotopic (exact) mass is 217 g/mol. The summed E-state index contributed by atoms with van der Waals surface area (Å²) in [4.78, 5) is 17.6. The van der Waals surface area contributed by atoms with Crippen molar-refractivity contribution in [3.63, 3.8) is 0 Å². The molecule has 0 radical (unpaired) electrons. The summed E-state index contributed by atoms with van der Waals surface area (Å²) in [6.45, 7) is 4.05. The molecule has 16 heavy (non-hydrogen) atoms. The second-order valence-corrected chi connectivity index (χ2v) is 3.88. The summed E-state index contributed by atoms with van der Waals surface area (Å²) in [5.41, 5.74) is 1.24. The van der Waals surface area contributed by atoms with E-state index in [1.165, 1.54) is 4.90 Å². The minimum absolute atomic E-state index is 0.147. The first-order valence-electron chi connectivity index (χ1n) is 5.13. The fourth-order valence-electron chi connectivity index (χ4n) is 1.39. The van der Waals surface area contributed by atoms with E-state index in [1.807, 2.05) is 13.0 Å². The van der Waals surface area contributed by atoms with Crippen LogP contribution in [0.15, 0.2) is 18.2 Å². The third-order valence-electron chi connectivity index (χ3n) is 2.22. The lowest BCUT2D eigenvalue weighted by atomic mass is 10.2. The third kappa shape index (κ3) is 3.06. The number of rotatable bonds is 3. The van der Waals surface area contributed by atoms with E-state index in [0.29, 0.717) is 12.2 Å². The van der Waals surface area contributed by atoms with E-state index in [-0.39, 0.29) is 11.8 Å². The Bertz CT molecular complexity index is 423. The molecule has 0 aliphatic heterocycles. The van der Waals surface area contributed by atoms with Gasteiger partial charge in [0.2, 0.25) is 0 Å². The van der Waals surface area contributed by atoms with E-state index >= 15 is 0 Å². The van der Waals surface area contributed by atoms with Crippen molar-refractivity contribution in [2.75, 3.05) is 13.6 Å². The summed E-state index contributed by atoms with van der Waals surface area (Å²) in [5, 5.41) is 8.68. The van der Waals surface area contributed by atoms with Gasteiger partial charge >= 0.3 is 0 Å². The number of aromatic nitrogens is 1. The fraction of sp³-hybridized carbons (Fsp3) is 0.417. The number of hydrogen-bond donors (Lipinski definition) is 0. The molecule has 0 spiro atoms. The van der Waals surface area contributed by atoms with Crippen molar-refractivity contribution < 1.29 is 4.79 Å². The van der Waals surface area contributed by atoms with E-state index in [0.717, 1.165) is 5.69 Å². The van der Waals surface area contributed by atoms with Crippen LogP contribution in [0.3, 0.4) is 0 Å². The maximum atomic E-state index is 11.9. The number of aryl methyl sites for hydroxylation is 1. The summed E-state index contributed by atoms with van der Waals surface area (Å²) in [6.07, 6.45) is 0. The Morgan fingerprint density at radius 2 is 2.31 bits per heavy atom. The van der Waals surface area contributed by atoms with Gasteiger partial charge in [-0.15, -0.1) is 0 Å². The minimum atomic E-state index is -0.168. The second kappa shape index (κ2) is 5.26. The molecule has 0 aromatic carbocycles. The Kier molecular flexibility index (Phi) is 4.01. The zero-order valence-corrected chi connectivity index (χ0v) is 9.77. The van der Waals surface area contributed by atoms with E-state index < -0.39 is 0 Å². The van der Waals surface area contributed by atoms with Gasteiger partial charge in [-0.3, -0.25) is 4.79 Å². The Labute approximate surface area is 95.5 Å². The van der Waals surface area contributed by atoms with E-state index in [9.17, 15) is 4.79 Å². The molecule has 0 saturated carbocycles. The summed E-state index contributed by atoms with van der Waals surface area (Å²) < 4.78 is 0. The predicted molar refractivity (Wildman–Crippen MR) is 60.7 cm³/mol. The highest BCUT2D eigenvalue weighted by molar-refractivity contribution is 5.92. The van der Waals surface area contributed by atoms with Crippen molar-refractivity contribution in [3.05, 3.63) is 29.6 Å². The molecule has 1 aromatic rings. The average Bonchev–Trinajstić information content (AvgIpc) is 2.27. The van der Waals surface area contributed by atoms with Crippen molar-refractivity contribution in [1.29, 1.82) is 5.26 Å². The van der Waals surface area contributed by atoms with Gasteiger partial charge in [0.25, 0.3) is 5.91 Å². The van der Waals surface area contributed by atoms with Crippen LogP contribution in [-0.2, 0) is 0 Å². The van der Waals surface area contributed by atoms with Crippen LogP contribution < -0.4 is 0 Å². The molecule has 1 unspecified atom stereocenters. The molecule has 1 aromatic heterocycles. The zero-order chi connectivity index (χ0) is 12.1. The molecular formula is C12H15N3O. The topological polar surface area (TPSA) is 57.0 Å². The summed E-state index contributed by atoms with van der Waals surface area (Å²) in [7, 11) is 1.68. The zero-order valence-electron chi connectivity index (χ0n) is 9.77. The maximum Gasteiger partial charge on any atom is 0.272 e. The second-order valence-electron chi connectivity index (χ2n) is 3.88. The Morgan fingerprint density at radius 3 is 2.88 bits per heavy atom. The van der Waals surface area contributed by atoms with Gasteiger partial charge in [0.1, 0.15) is 5.69 Å². The molecule has 4 heteroatoms. The number of hydrogen-bond acceptors (Lipinski definition) is 3. The first-order valence-corrected chi connectivity index (χ1v) is 5.13. The van der Waals surface area contributed by atoms with Crippen LogP contribution in [0.2, 0.25) is 0 Å². The molecule has 0 bridgehead atoms. The summed E-state index contributed by atoms with van der Waals surface area (Å²) >= 11 is 0. The quantitative estimate of drug-likeness (QED) is 0.773. The van der Waals surface area contributed by atoms with Crippen LogP contribution >= 0.6 is 0 Å². The van der Waals surface area contributed by atoms with Crippen LogP contribution in [0, 0.1) is 24.2 Å². The number of pyridine rings is 1. The van der Waals surface area contributed by atoms with Crippen molar-refractivity contribution in [2.45, 2.75) is 13.8 Å². The fourth-order valence-corrected chi connectivity index (χ4v) is 1.39. The van der Waals surface area contributed by atoms with Crippen molar-refractivity contribution >= 4 is 5.91 Å². The highest BCUT2D eigenvalue weighted by Crippen LogP contribution is 2.04. The van der Waals surface area contributed by atoms with Gasteiger partial charge in [0.15, 0.2) is 0 Å². The van der Waals surface area contributed by atoms with Crippen LogP contribution in [0.25, 0.3) is 0 Å². The maximum absolute atomic E-state index is 11.9. The third-order valence-corrected chi connectivity index (χ3v) is 2.22. The molecule has 84 valence electrons. The van der Waals surface area contributed by atoms with Crippen LogP contribution in [0.4, 0.5) is 0 Å². The standard InChI is InChI=1S/C12H15N3O/c1-9(7-13)8-15(3)12(16)11-6-4-5-10(2)14-11/h4-6,9H,8H2,1-3H3. The van der Waals surface area contributed by atoms with Gasteiger partial charge in [-0.25, -0.2) is 4.98 Å². The van der Waals surface area contributed by atoms with E-state index in [4.69, 9.17) is 5.26 Å². The summed E-state index contributed by atoms with van der Waals surface area (Å²) in [5.74, 6) is -0.315. The molecule has 1 heterocycles. The normalized spacial score (nSPS) is 11.6. The van der Waals surface area contributed by atoms with Gasteiger partial charge in [-0.05, 0) is 26.0 Å². The molecule has 0 aliphatic carbocycles. The van der Waals surface area contributed by atoms with Gasteiger partial charge < -0.3 is 4.90 Å². The molecule has 0 saturated heterocycles. The summed E-state index contributed by atoms with van der Waals surface area (Å²) in [6, 6.07) is 7.43. The lowest BCUT2D eigenvalue weighted by Gasteiger charge is -2.17. The van der Waals surface area contributed by atoms with E-state index in [2.05, 4.69) is 11.1 Å². The van der Waals surface area contributed by atoms with Crippen LogP contribution in [-0.4, -0.2) is 29.4 Å². The first-order chi connectivity index (χ1) is 7.54. The molecular weight excluding hydrogens is 202 g/mol. The van der Waals surface area contributed by atoms with Crippen LogP contribution in [0.1, 0.15) is 23.1 Å². The highest BCUT2D eigenvalue weighted by Gasteiger charge is 2.15. The van der Waals surface area contributed by atoms with Gasteiger partial charge in [-0.2, -0.15) is 5.26 Å². The average molecular weight is 217 g/mol. The minimum Gasteiger partial charge on any atom is -0.339 e. The molecule has 1 rings (SSSR count). The number of amides is 1. The molecule has 0 aliphatic rings. The molecule has 1 atom stereocenters. The van der Waals surface area contributed by atoms with Crippen molar-refractivity contribution in [3.8, 4) is 6.07 Å². The van der Waals surface area contributed by atoms with Gasteiger partial charge in [-0.1, -0.05) is 6.07 Å². The van der Waals surface area contributed by atoms with Gasteiger partial charge in [0.05, 0.1) is 12.0 Å². The van der Waals surface area contributed by atoms with Crippen LogP contribution in [0.5, 0.6) is 0 Å². The molecule has 0 N–H and O–H groups in total. The number of nitrogens with zero attached hydrogens (tertiary/aromatic N) is 3. The molecule has 1 amide bonds. The Morgan fingerprint density at radius 1 is 1.62 bits per heavy atom. The van der Waals surface area contributed by atoms with Gasteiger partial charge in [0, 0.05) is 19.3 Å². The van der Waals surface area contributed by atoms with Crippen molar-refractivity contribution in [1.82, 2.24) is 9.88 Å². The number of nitriles is 1. The molecule has 0 fully saturated rings. The smallest absolute Gasteiger partial charge is 0.272 e. The molecule has 4 nitrogen and oxygen atoms in total. The Balaban J connectivity index is 2.75. The SMILES string of the molecule is Cc1cccc(C(=O)N(C)CC(C)C#N)n1. The Hall–Kier alpha value is -1.89. The van der Waals surface area contributed by atoms with Crippen molar-refractivity contribution in [2.24, 2.45) is 5.92 Å².